The van der Waals surface area contributed by atoms with Crippen molar-refractivity contribution in [2.24, 2.45) is 5.92 Å². The Balaban J connectivity index is 2.90. The van der Waals surface area contributed by atoms with E-state index in [1.807, 2.05) is 6.07 Å². The van der Waals surface area contributed by atoms with Gasteiger partial charge in [0.05, 0.1) is 18.7 Å². The predicted octanol–water partition coefficient (Wildman–Crippen LogP) is 1.79. The summed E-state index contributed by atoms with van der Waals surface area (Å²) in [7, 11) is 1.14. The van der Waals surface area contributed by atoms with E-state index in [0.29, 0.717) is 6.07 Å². The summed E-state index contributed by atoms with van der Waals surface area (Å²) >= 11 is 0. The van der Waals surface area contributed by atoms with Crippen LogP contribution in [0.3, 0.4) is 0 Å². The summed E-state index contributed by atoms with van der Waals surface area (Å²) in [5, 5.41) is 11.0. The minimum absolute atomic E-state index is 0.0255. The van der Waals surface area contributed by atoms with E-state index in [9.17, 15) is 18.4 Å². The Labute approximate surface area is 120 Å². The number of benzene rings is 1. The number of hydrogen-bond acceptors (Lipinski definition) is 4. The van der Waals surface area contributed by atoms with Crippen LogP contribution in [0.4, 0.5) is 8.78 Å². The van der Waals surface area contributed by atoms with Crippen LogP contribution in [0.25, 0.3) is 0 Å². The molecule has 0 aliphatic rings. The van der Waals surface area contributed by atoms with E-state index < -0.39 is 41.0 Å². The quantitative estimate of drug-likeness (QED) is 0.840. The number of methoxy groups -OCH3 is 1. The van der Waals surface area contributed by atoms with E-state index in [1.165, 1.54) is 0 Å². The average molecular weight is 296 g/mol. The minimum atomic E-state index is -1.08. The zero-order valence-electron chi connectivity index (χ0n) is 11.5. The van der Waals surface area contributed by atoms with Gasteiger partial charge in [0.1, 0.15) is 17.7 Å². The number of esters is 1. The molecule has 1 aromatic rings. The first-order valence-corrected chi connectivity index (χ1v) is 6.12. The summed E-state index contributed by atoms with van der Waals surface area (Å²) in [6.45, 7) is 1.57. The molecule has 1 aromatic carbocycles. The lowest BCUT2D eigenvalue weighted by atomic mass is 10.0. The molecule has 21 heavy (non-hydrogen) atoms. The van der Waals surface area contributed by atoms with Crippen LogP contribution in [0, 0.1) is 28.9 Å². The molecule has 0 fully saturated rings. The van der Waals surface area contributed by atoms with Crippen LogP contribution in [0.15, 0.2) is 18.2 Å². The normalized spacial score (nSPS) is 12.9. The van der Waals surface area contributed by atoms with Crippen LogP contribution in [-0.2, 0) is 9.53 Å². The number of amides is 1. The molecule has 0 bridgehead atoms. The maximum atomic E-state index is 13.5. The highest BCUT2D eigenvalue weighted by atomic mass is 19.1. The Morgan fingerprint density at radius 3 is 2.62 bits per heavy atom. The van der Waals surface area contributed by atoms with Gasteiger partial charge in [-0.25, -0.2) is 13.6 Å². The summed E-state index contributed by atoms with van der Waals surface area (Å²) in [4.78, 5) is 23.5. The monoisotopic (exact) mass is 296 g/mol. The molecule has 0 unspecified atom stereocenters. The van der Waals surface area contributed by atoms with E-state index >= 15 is 0 Å². The number of carbonyl (C=O) groups is 2. The first kappa shape index (κ1) is 16.6. The van der Waals surface area contributed by atoms with Gasteiger partial charge in [0.15, 0.2) is 0 Å². The molecule has 0 radical (unpaired) electrons. The van der Waals surface area contributed by atoms with Crippen LogP contribution in [0.1, 0.15) is 23.7 Å². The molecule has 7 heteroatoms. The molecule has 0 aliphatic heterocycles. The zero-order valence-corrected chi connectivity index (χ0v) is 11.5. The second kappa shape index (κ2) is 7.33. The number of ether oxygens (including phenoxy) is 1. The van der Waals surface area contributed by atoms with Gasteiger partial charge in [0.2, 0.25) is 0 Å². The summed E-state index contributed by atoms with van der Waals surface area (Å²) in [6, 6.07) is 3.32. The molecule has 112 valence electrons. The molecule has 0 heterocycles. The molecule has 0 spiro atoms. The SMILES string of the molecule is COC(=O)[C@H](C[C@@H](C)C#N)NC(=O)c1ccc(F)cc1F. The second-order valence-corrected chi connectivity index (χ2v) is 4.44. The smallest absolute Gasteiger partial charge is 0.328 e. The largest absolute Gasteiger partial charge is 0.467 e. The van der Waals surface area contributed by atoms with Crippen molar-refractivity contribution in [2.75, 3.05) is 7.11 Å². The van der Waals surface area contributed by atoms with Gasteiger partial charge >= 0.3 is 5.97 Å². The summed E-state index contributed by atoms with van der Waals surface area (Å²) in [5.74, 6) is -3.98. The number of nitrogens with one attached hydrogen (secondary N) is 1. The highest BCUT2D eigenvalue weighted by Crippen LogP contribution is 2.12. The van der Waals surface area contributed by atoms with Gasteiger partial charge in [-0.15, -0.1) is 0 Å². The molecule has 0 aromatic heterocycles. The Bertz CT molecular complexity index is 584. The number of carbonyl (C=O) groups excluding carboxylic acids is 2. The summed E-state index contributed by atoms with van der Waals surface area (Å²) in [5.41, 5.74) is -0.394. The van der Waals surface area contributed by atoms with Crippen LogP contribution in [0.5, 0.6) is 0 Å². The van der Waals surface area contributed by atoms with Crippen LogP contribution in [0.2, 0.25) is 0 Å². The minimum Gasteiger partial charge on any atom is -0.467 e. The molecule has 1 N–H and O–H groups in total. The molecule has 5 nitrogen and oxygen atoms in total. The number of halogens is 2. The van der Waals surface area contributed by atoms with Crippen molar-refractivity contribution in [3.63, 3.8) is 0 Å². The molecule has 0 saturated carbocycles. The van der Waals surface area contributed by atoms with E-state index in [0.717, 1.165) is 19.2 Å². The molecule has 1 rings (SSSR count). The fourth-order valence-electron chi connectivity index (χ4n) is 1.67. The third kappa shape index (κ3) is 4.53. The average Bonchev–Trinajstić information content (AvgIpc) is 2.45. The first-order valence-electron chi connectivity index (χ1n) is 6.12. The van der Waals surface area contributed by atoms with Crippen molar-refractivity contribution >= 4 is 11.9 Å². The highest BCUT2D eigenvalue weighted by molar-refractivity contribution is 5.97. The molecular formula is C14H14F2N2O3. The van der Waals surface area contributed by atoms with Gasteiger partial charge in [-0.2, -0.15) is 5.26 Å². The lowest BCUT2D eigenvalue weighted by Gasteiger charge is -2.17. The van der Waals surface area contributed by atoms with Crippen molar-refractivity contribution < 1.29 is 23.1 Å². The van der Waals surface area contributed by atoms with Gasteiger partial charge < -0.3 is 10.1 Å². The van der Waals surface area contributed by atoms with Gasteiger partial charge in [0, 0.05) is 12.0 Å². The van der Waals surface area contributed by atoms with E-state index in [-0.39, 0.29) is 6.42 Å². The Hall–Kier alpha value is -2.49. The topological polar surface area (TPSA) is 79.2 Å². The Kier molecular flexibility index (Phi) is 5.79. The first-order chi connectivity index (χ1) is 9.88. The third-order valence-electron chi connectivity index (χ3n) is 2.78. The molecule has 0 saturated heterocycles. The number of nitriles is 1. The van der Waals surface area contributed by atoms with Crippen molar-refractivity contribution in [1.82, 2.24) is 5.32 Å². The van der Waals surface area contributed by atoms with E-state index in [1.54, 1.807) is 6.92 Å². The summed E-state index contributed by atoms with van der Waals surface area (Å²) in [6.07, 6.45) is 0.0255. The standard InChI is InChI=1S/C14H14F2N2O3/c1-8(7-17)5-12(14(20)21-2)18-13(19)10-4-3-9(15)6-11(10)16/h3-4,6,8,12H,5H2,1-2H3,(H,18,19)/t8-,12+/m1/s1. The van der Waals surface area contributed by atoms with E-state index in [4.69, 9.17) is 5.26 Å². The molecular weight excluding hydrogens is 282 g/mol. The van der Waals surface area contributed by atoms with Crippen molar-refractivity contribution in [1.29, 1.82) is 5.26 Å². The highest BCUT2D eigenvalue weighted by Gasteiger charge is 2.25. The second-order valence-electron chi connectivity index (χ2n) is 4.44. The fourth-order valence-corrected chi connectivity index (χ4v) is 1.67. The lowest BCUT2D eigenvalue weighted by Crippen LogP contribution is -2.42. The maximum absolute atomic E-state index is 13.5. The number of nitrogens with zero attached hydrogens (tertiary/aromatic N) is 1. The summed E-state index contributed by atoms with van der Waals surface area (Å²) < 4.78 is 30.8. The van der Waals surface area contributed by atoms with Crippen LogP contribution in [-0.4, -0.2) is 25.0 Å². The molecule has 2 atom stereocenters. The Morgan fingerprint density at radius 1 is 1.43 bits per heavy atom. The fraction of sp³-hybridized carbons (Fsp3) is 0.357. The van der Waals surface area contributed by atoms with E-state index in [2.05, 4.69) is 10.1 Å². The van der Waals surface area contributed by atoms with Gasteiger partial charge in [-0.05, 0) is 25.5 Å². The van der Waals surface area contributed by atoms with Crippen LogP contribution >= 0.6 is 0 Å². The number of hydrogen-bond donors (Lipinski definition) is 1. The maximum Gasteiger partial charge on any atom is 0.328 e. The third-order valence-corrected chi connectivity index (χ3v) is 2.78. The van der Waals surface area contributed by atoms with Crippen molar-refractivity contribution in [2.45, 2.75) is 19.4 Å². The lowest BCUT2D eigenvalue weighted by molar-refractivity contribution is -0.143. The van der Waals surface area contributed by atoms with Crippen molar-refractivity contribution in [3.05, 3.63) is 35.4 Å². The van der Waals surface area contributed by atoms with Crippen molar-refractivity contribution in [3.8, 4) is 6.07 Å². The zero-order chi connectivity index (χ0) is 16.0. The molecule has 0 aliphatic carbocycles. The van der Waals surface area contributed by atoms with Gasteiger partial charge in [0.25, 0.3) is 5.91 Å². The number of rotatable bonds is 5. The Morgan fingerprint density at radius 2 is 2.10 bits per heavy atom. The van der Waals surface area contributed by atoms with Crippen LogP contribution < -0.4 is 5.32 Å². The van der Waals surface area contributed by atoms with Gasteiger partial charge in [-0.3, -0.25) is 4.79 Å². The predicted molar refractivity (Wildman–Crippen MR) is 69.0 cm³/mol. The molecule has 1 amide bonds. The van der Waals surface area contributed by atoms with Gasteiger partial charge in [-0.1, -0.05) is 0 Å².